The van der Waals surface area contributed by atoms with E-state index in [9.17, 15) is 9.90 Å². The molecule has 1 aliphatic heterocycles. The van der Waals surface area contributed by atoms with Crippen LogP contribution in [-0.4, -0.2) is 29.1 Å². The lowest BCUT2D eigenvalue weighted by Crippen LogP contribution is -2.39. The van der Waals surface area contributed by atoms with Crippen molar-refractivity contribution in [3.05, 3.63) is 72.2 Å². The van der Waals surface area contributed by atoms with Gasteiger partial charge in [0.1, 0.15) is 5.76 Å². The van der Waals surface area contributed by atoms with Crippen LogP contribution in [0.15, 0.2) is 65.3 Å². The maximum Gasteiger partial charge on any atom is 0.306 e. The van der Waals surface area contributed by atoms with Crippen LogP contribution in [0.4, 0.5) is 0 Å². The molecule has 25 heavy (non-hydrogen) atoms. The highest BCUT2D eigenvalue weighted by molar-refractivity contribution is 5.86. The summed E-state index contributed by atoms with van der Waals surface area (Å²) in [7, 11) is 0. The molecule has 1 saturated heterocycles. The fourth-order valence-electron chi connectivity index (χ4n) is 3.87. The number of aliphatic carboxylic acids is 1. The Morgan fingerprint density at radius 2 is 1.80 bits per heavy atom. The maximum absolute atomic E-state index is 11.3. The second-order valence-electron chi connectivity index (χ2n) is 6.63. The van der Waals surface area contributed by atoms with Crippen LogP contribution in [0, 0.1) is 5.92 Å². The number of carboxylic acids is 1. The Balaban J connectivity index is 1.74. The molecule has 3 aromatic rings. The molecule has 1 aliphatic rings. The Morgan fingerprint density at radius 3 is 2.52 bits per heavy atom. The summed E-state index contributed by atoms with van der Waals surface area (Å²) < 4.78 is 5.77. The Bertz CT molecular complexity index is 858. The molecule has 0 amide bonds. The quantitative estimate of drug-likeness (QED) is 0.771. The average molecular weight is 335 g/mol. The van der Waals surface area contributed by atoms with Crippen molar-refractivity contribution in [2.24, 2.45) is 5.92 Å². The molecule has 1 unspecified atom stereocenters. The van der Waals surface area contributed by atoms with Crippen molar-refractivity contribution < 1.29 is 14.3 Å². The van der Waals surface area contributed by atoms with Gasteiger partial charge in [0.05, 0.1) is 18.2 Å². The predicted octanol–water partition coefficient (Wildman–Crippen LogP) is 4.32. The van der Waals surface area contributed by atoms with Crippen molar-refractivity contribution in [2.45, 2.75) is 18.9 Å². The summed E-state index contributed by atoms with van der Waals surface area (Å²) in [5.74, 6) is -0.00879. The van der Waals surface area contributed by atoms with Gasteiger partial charge >= 0.3 is 5.97 Å². The van der Waals surface area contributed by atoms with Gasteiger partial charge in [-0.3, -0.25) is 9.69 Å². The molecule has 1 fully saturated rings. The molecule has 0 bridgehead atoms. The summed E-state index contributed by atoms with van der Waals surface area (Å²) in [6, 6.07) is 18.7. The van der Waals surface area contributed by atoms with Gasteiger partial charge in [-0.2, -0.15) is 0 Å². The molecule has 0 radical (unpaired) electrons. The summed E-state index contributed by atoms with van der Waals surface area (Å²) in [6.45, 7) is 1.51. The van der Waals surface area contributed by atoms with E-state index >= 15 is 0 Å². The van der Waals surface area contributed by atoms with E-state index < -0.39 is 5.97 Å². The van der Waals surface area contributed by atoms with Crippen LogP contribution in [-0.2, 0) is 4.79 Å². The molecular weight excluding hydrogens is 314 g/mol. The number of hydrogen-bond donors (Lipinski definition) is 1. The average Bonchev–Trinajstić information content (AvgIpc) is 3.17. The van der Waals surface area contributed by atoms with E-state index in [4.69, 9.17) is 4.42 Å². The number of carbonyl (C=O) groups is 1. The number of piperidine rings is 1. The molecule has 1 aromatic heterocycles. The number of likely N-dealkylation sites (tertiary alicyclic amines) is 1. The first-order valence-electron chi connectivity index (χ1n) is 8.72. The summed E-state index contributed by atoms with van der Waals surface area (Å²) in [5, 5.41) is 11.7. The van der Waals surface area contributed by atoms with E-state index in [0.717, 1.165) is 18.8 Å². The van der Waals surface area contributed by atoms with Crippen molar-refractivity contribution >= 4 is 16.7 Å². The van der Waals surface area contributed by atoms with E-state index in [1.54, 1.807) is 6.26 Å². The monoisotopic (exact) mass is 335 g/mol. The molecule has 1 atom stereocenters. The van der Waals surface area contributed by atoms with Crippen molar-refractivity contribution in [2.75, 3.05) is 13.1 Å². The van der Waals surface area contributed by atoms with Gasteiger partial charge in [0.2, 0.25) is 0 Å². The zero-order valence-corrected chi connectivity index (χ0v) is 14.0. The lowest BCUT2D eigenvalue weighted by atomic mass is 9.91. The Morgan fingerprint density at radius 1 is 1.04 bits per heavy atom. The third kappa shape index (κ3) is 3.05. The SMILES string of the molecule is O=C(O)C1CCN(C(c2ccco2)c2cccc3ccccc23)CC1. The van der Waals surface area contributed by atoms with Crippen molar-refractivity contribution in [3.63, 3.8) is 0 Å². The van der Waals surface area contributed by atoms with Gasteiger partial charge in [0.25, 0.3) is 0 Å². The van der Waals surface area contributed by atoms with Gasteiger partial charge in [-0.1, -0.05) is 42.5 Å². The molecule has 0 spiro atoms. The zero-order chi connectivity index (χ0) is 17.2. The molecule has 2 heterocycles. The van der Waals surface area contributed by atoms with Crippen LogP contribution in [0.1, 0.15) is 30.2 Å². The van der Waals surface area contributed by atoms with Crippen LogP contribution >= 0.6 is 0 Å². The fraction of sp³-hybridized carbons (Fsp3) is 0.286. The minimum atomic E-state index is -0.681. The topological polar surface area (TPSA) is 53.7 Å². The molecule has 4 rings (SSSR count). The number of fused-ring (bicyclic) bond motifs is 1. The smallest absolute Gasteiger partial charge is 0.306 e. The predicted molar refractivity (Wildman–Crippen MR) is 96.4 cm³/mol. The van der Waals surface area contributed by atoms with Crippen LogP contribution in [0.25, 0.3) is 10.8 Å². The standard InChI is InChI=1S/C21H21NO3/c23-21(24)16-10-12-22(13-11-16)20(19-9-4-14-25-19)18-8-3-6-15-5-1-2-7-17(15)18/h1-9,14,16,20H,10-13H2,(H,23,24). The highest BCUT2D eigenvalue weighted by Crippen LogP contribution is 2.36. The lowest BCUT2D eigenvalue weighted by Gasteiger charge is -2.36. The van der Waals surface area contributed by atoms with Gasteiger partial charge in [-0.05, 0) is 54.4 Å². The highest BCUT2D eigenvalue weighted by Gasteiger charge is 2.32. The van der Waals surface area contributed by atoms with E-state index in [2.05, 4.69) is 41.3 Å². The fourth-order valence-corrected chi connectivity index (χ4v) is 3.87. The summed E-state index contributed by atoms with van der Waals surface area (Å²) in [6.07, 6.45) is 3.06. The number of rotatable bonds is 4. The molecule has 128 valence electrons. The van der Waals surface area contributed by atoms with E-state index in [0.29, 0.717) is 12.8 Å². The maximum atomic E-state index is 11.3. The van der Waals surface area contributed by atoms with Gasteiger partial charge in [0.15, 0.2) is 0 Å². The highest BCUT2D eigenvalue weighted by atomic mass is 16.4. The number of carboxylic acid groups (broad SMARTS) is 1. The summed E-state index contributed by atoms with van der Waals surface area (Å²) in [5.41, 5.74) is 1.21. The van der Waals surface area contributed by atoms with E-state index in [1.165, 1.54) is 16.3 Å². The Kier molecular flexibility index (Phi) is 4.28. The van der Waals surface area contributed by atoms with E-state index in [-0.39, 0.29) is 12.0 Å². The minimum Gasteiger partial charge on any atom is -0.481 e. The third-order valence-electron chi connectivity index (χ3n) is 5.17. The first-order chi connectivity index (χ1) is 12.2. The molecule has 0 saturated carbocycles. The molecule has 1 N–H and O–H groups in total. The van der Waals surface area contributed by atoms with Gasteiger partial charge in [-0.15, -0.1) is 0 Å². The number of benzene rings is 2. The first kappa shape index (κ1) is 15.9. The number of nitrogens with zero attached hydrogens (tertiary/aromatic N) is 1. The third-order valence-corrected chi connectivity index (χ3v) is 5.17. The van der Waals surface area contributed by atoms with Crippen LogP contribution in [0.5, 0.6) is 0 Å². The lowest BCUT2D eigenvalue weighted by molar-refractivity contribution is -0.143. The minimum absolute atomic E-state index is 0.0100. The van der Waals surface area contributed by atoms with Gasteiger partial charge in [-0.25, -0.2) is 0 Å². The van der Waals surface area contributed by atoms with Crippen molar-refractivity contribution in [3.8, 4) is 0 Å². The Hall–Kier alpha value is -2.59. The largest absolute Gasteiger partial charge is 0.481 e. The first-order valence-corrected chi connectivity index (χ1v) is 8.72. The van der Waals surface area contributed by atoms with Gasteiger partial charge in [0, 0.05) is 0 Å². The van der Waals surface area contributed by atoms with Gasteiger partial charge < -0.3 is 9.52 Å². The zero-order valence-electron chi connectivity index (χ0n) is 14.0. The van der Waals surface area contributed by atoms with E-state index in [1.807, 2.05) is 18.2 Å². The molecule has 4 heteroatoms. The number of hydrogen-bond acceptors (Lipinski definition) is 3. The second kappa shape index (κ2) is 6.73. The van der Waals surface area contributed by atoms with Crippen LogP contribution < -0.4 is 0 Å². The van der Waals surface area contributed by atoms with Crippen LogP contribution in [0.2, 0.25) is 0 Å². The normalized spacial score (nSPS) is 17.6. The summed E-state index contributed by atoms with van der Waals surface area (Å²) >= 11 is 0. The van der Waals surface area contributed by atoms with Crippen molar-refractivity contribution in [1.29, 1.82) is 0 Å². The van der Waals surface area contributed by atoms with Crippen molar-refractivity contribution in [1.82, 2.24) is 4.90 Å². The molecular formula is C21H21NO3. The number of furan rings is 1. The van der Waals surface area contributed by atoms with Crippen LogP contribution in [0.3, 0.4) is 0 Å². The molecule has 2 aromatic carbocycles. The molecule has 4 nitrogen and oxygen atoms in total. The second-order valence-corrected chi connectivity index (χ2v) is 6.63. The Labute approximate surface area is 146 Å². The summed E-state index contributed by atoms with van der Waals surface area (Å²) in [4.78, 5) is 13.6. The molecule has 0 aliphatic carbocycles.